The average Bonchev–Trinajstić information content (AvgIpc) is 3.16. The van der Waals surface area contributed by atoms with Crippen LogP contribution >= 0.6 is 0 Å². The minimum Gasteiger partial charge on any atom is -0.368 e. The number of rotatable bonds is 5. The number of carbonyl (C=O) groups is 2. The van der Waals surface area contributed by atoms with Gasteiger partial charge in [0.2, 0.25) is 0 Å². The monoisotopic (exact) mass is 324 g/mol. The molecule has 2 N–H and O–H groups in total. The summed E-state index contributed by atoms with van der Waals surface area (Å²) in [6, 6.07) is 16.7. The Morgan fingerprint density at radius 1 is 1.04 bits per heavy atom. The molecule has 0 aromatic heterocycles. The van der Waals surface area contributed by atoms with Gasteiger partial charge in [0.05, 0.1) is 11.3 Å². The van der Waals surface area contributed by atoms with E-state index in [9.17, 15) is 9.59 Å². The molecule has 1 heterocycles. The summed E-state index contributed by atoms with van der Waals surface area (Å²) < 4.78 is 5.38. The van der Waals surface area contributed by atoms with E-state index in [-0.39, 0.29) is 11.8 Å². The molecule has 2 aromatic rings. The van der Waals surface area contributed by atoms with E-state index >= 15 is 0 Å². The fourth-order valence-electron chi connectivity index (χ4n) is 2.66. The van der Waals surface area contributed by atoms with Gasteiger partial charge in [0.1, 0.15) is 6.10 Å². The van der Waals surface area contributed by atoms with Crippen molar-refractivity contribution in [2.75, 3.05) is 11.9 Å². The van der Waals surface area contributed by atoms with Gasteiger partial charge in [-0.05, 0) is 30.5 Å². The van der Waals surface area contributed by atoms with E-state index in [0.29, 0.717) is 30.8 Å². The molecule has 1 atom stereocenters. The van der Waals surface area contributed by atoms with Crippen molar-refractivity contribution in [3.63, 3.8) is 0 Å². The maximum absolute atomic E-state index is 12.4. The van der Waals surface area contributed by atoms with Crippen molar-refractivity contribution in [3.8, 4) is 0 Å². The number of benzene rings is 2. The number of ether oxygens (including phenoxy) is 1. The lowest BCUT2D eigenvalue weighted by molar-refractivity contribution is -0.124. The van der Waals surface area contributed by atoms with Crippen LogP contribution in [-0.2, 0) is 16.1 Å². The summed E-state index contributed by atoms with van der Waals surface area (Å²) >= 11 is 0. The highest BCUT2D eigenvalue weighted by Crippen LogP contribution is 2.18. The molecule has 24 heavy (non-hydrogen) atoms. The van der Waals surface area contributed by atoms with Crippen LogP contribution < -0.4 is 10.6 Å². The quantitative estimate of drug-likeness (QED) is 0.888. The van der Waals surface area contributed by atoms with Crippen molar-refractivity contribution in [1.29, 1.82) is 0 Å². The van der Waals surface area contributed by atoms with E-state index in [0.717, 1.165) is 12.0 Å². The number of carbonyl (C=O) groups excluding carboxylic acids is 2. The lowest BCUT2D eigenvalue weighted by atomic mass is 10.1. The molecule has 1 aliphatic heterocycles. The Labute approximate surface area is 141 Å². The molecule has 0 spiro atoms. The molecule has 5 nitrogen and oxygen atoms in total. The molecule has 2 amide bonds. The van der Waals surface area contributed by atoms with Gasteiger partial charge in [-0.3, -0.25) is 9.59 Å². The highest BCUT2D eigenvalue weighted by molar-refractivity contribution is 6.04. The lowest BCUT2D eigenvalue weighted by Crippen LogP contribution is -2.29. The van der Waals surface area contributed by atoms with Gasteiger partial charge in [-0.15, -0.1) is 0 Å². The Kier molecular flexibility index (Phi) is 5.23. The Balaban J connectivity index is 1.66. The van der Waals surface area contributed by atoms with Crippen LogP contribution in [0.25, 0.3) is 0 Å². The van der Waals surface area contributed by atoms with Crippen LogP contribution in [0.4, 0.5) is 5.69 Å². The minimum atomic E-state index is -0.426. The first-order valence-corrected chi connectivity index (χ1v) is 8.07. The van der Waals surface area contributed by atoms with Gasteiger partial charge < -0.3 is 15.4 Å². The van der Waals surface area contributed by atoms with Gasteiger partial charge >= 0.3 is 0 Å². The number of hydrogen-bond acceptors (Lipinski definition) is 3. The Morgan fingerprint density at radius 3 is 2.54 bits per heavy atom. The minimum absolute atomic E-state index is 0.198. The van der Waals surface area contributed by atoms with Crippen molar-refractivity contribution < 1.29 is 14.3 Å². The normalized spacial score (nSPS) is 16.6. The molecule has 1 saturated heterocycles. The smallest absolute Gasteiger partial charge is 0.253 e. The fraction of sp³-hybridized carbons (Fsp3) is 0.263. The molecule has 2 aromatic carbocycles. The molecule has 0 bridgehead atoms. The summed E-state index contributed by atoms with van der Waals surface area (Å²) in [6.07, 6.45) is 1.18. The summed E-state index contributed by atoms with van der Waals surface area (Å²) in [5, 5.41) is 5.68. The van der Waals surface area contributed by atoms with Crippen molar-refractivity contribution in [3.05, 3.63) is 65.7 Å². The summed E-state index contributed by atoms with van der Waals surface area (Å²) in [7, 11) is 0. The molecular weight excluding hydrogens is 304 g/mol. The van der Waals surface area contributed by atoms with E-state index < -0.39 is 6.10 Å². The van der Waals surface area contributed by atoms with Gasteiger partial charge in [-0.25, -0.2) is 0 Å². The number of hydrogen-bond donors (Lipinski definition) is 2. The van der Waals surface area contributed by atoms with Gasteiger partial charge in [0.25, 0.3) is 11.8 Å². The molecule has 5 heteroatoms. The molecule has 0 saturated carbocycles. The van der Waals surface area contributed by atoms with Crippen molar-refractivity contribution in [2.24, 2.45) is 0 Å². The zero-order valence-corrected chi connectivity index (χ0v) is 13.3. The molecule has 3 rings (SSSR count). The van der Waals surface area contributed by atoms with Gasteiger partial charge in [0.15, 0.2) is 0 Å². The molecular formula is C19H20N2O3. The first-order chi connectivity index (χ1) is 11.7. The summed E-state index contributed by atoms with van der Waals surface area (Å²) in [5.74, 6) is -0.419. The van der Waals surface area contributed by atoms with Crippen molar-refractivity contribution in [2.45, 2.75) is 25.5 Å². The SMILES string of the molecule is O=C(NCc1ccccc1)c1ccccc1NC(=O)[C@@H]1CCCO1. The molecule has 1 fully saturated rings. The summed E-state index contributed by atoms with van der Waals surface area (Å²) in [5.41, 5.74) is 1.97. The van der Waals surface area contributed by atoms with Crippen LogP contribution in [-0.4, -0.2) is 24.5 Å². The van der Waals surface area contributed by atoms with Crippen molar-refractivity contribution in [1.82, 2.24) is 5.32 Å². The van der Waals surface area contributed by atoms with E-state index in [2.05, 4.69) is 10.6 Å². The second kappa shape index (κ2) is 7.75. The predicted molar refractivity (Wildman–Crippen MR) is 91.7 cm³/mol. The number of anilines is 1. The molecule has 0 aliphatic carbocycles. The standard InChI is InChI=1S/C19H20N2O3/c22-18(20-13-14-7-2-1-3-8-14)15-9-4-5-10-16(15)21-19(23)17-11-6-12-24-17/h1-5,7-10,17H,6,11-13H2,(H,20,22)(H,21,23)/t17-/m0/s1. The Bertz CT molecular complexity index is 710. The summed E-state index contributed by atoms with van der Waals surface area (Å²) in [6.45, 7) is 1.05. The van der Waals surface area contributed by atoms with Gasteiger partial charge in [0, 0.05) is 13.2 Å². The third-order valence-electron chi connectivity index (χ3n) is 3.95. The van der Waals surface area contributed by atoms with Crippen LogP contribution in [0.5, 0.6) is 0 Å². The molecule has 124 valence electrons. The van der Waals surface area contributed by atoms with Crippen LogP contribution in [0, 0.1) is 0 Å². The third-order valence-corrected chi connectivity index (χ3v) is 3.95. The first-order valence-electron chi connectivity index (χ1n) is 8.07. The second-order valence-corrected chi connectivity index (χ2v) is 5.70. The Morgan fingerprint density at radius 2 is 1.79 bits per heavy atom. The summed E-state index contributed by atoms with van der Waals surface area (Å²) in [4.78, 5) is 24.6. The number of amides is 2. The number of nitrogens with one attached hydrogen (secondary N) is 2. The average molecular weight is 324 g/mol. The predicted octanol–water partition coefficient (Wildman–Crippen LogP) is 2.73. The van der Waals surface area contributed by atoms with Gasteiger partial charge in [-0.1, -0.05) is 42.5 Å². The highest BCUT2D eigenvalue weighted by atomic mass is 16.5. The first kappa shape index (κ1) is 16.2. The van der Waals surface area contributed by atoms with E-state index in [1.807, 2.05) is 30.3 Å². The van der Waals surface area contributed by atoms with Gasteiger partial charge in [-0.2, -0.15) is 0 Å². The zero-order chi connectivity index (χ0) is 16.8. The third kappa shape index (κ3) is 4.00. The molecule has 0 unspecified atom stereocenters. The highest BCUT2D eigenvalue weighted by Gasteiger charge is 2.24. The van der Waals surface area contributed by atoms with E-state index in [4.69, 9.17) is 4.74 Å². The largest absolute Gasteiger partial charge is 0.368 e. The van der Waals surface area contributed by atoms with Crippen LogP contribution in [0.15, 0.2) is 54.6 Å². The van der Waals surface area contributed by atoms with Crippen LogP contribution in [0.3, 0.4) is 0 Å². The van der Waals surface area contributed by atoms with E-state index in [1.165, 1.54) is 0 Å². The Hall–Kier alpha value is -2.66. The van der Waals surface area contributed by atoms with Crippen LogP contribution in [0.1, 0.15) is 28.8 Å². The fourth-order valence-corrected chi connectivity index (χ4v) is 2.66. The van der Waals surface area contributed by atoms with Crippen LogP contribution in [0.2, 0.25) is 0 Å². The lowest BCUT2D eigenvalue weighted by Gasteiger charge is -2.14. The van der Waals surface area contributed by atoms with Crippen molar-refractivity contribution >= 4 is 17.5 Å². The second-order valence-electron chi connectivity index (χ2n) is 5.70. The topological polar surface area (TPSA) is 67.4 Å². The van der Waals surface area contributed by atoms with E-state index in [1.54, 1.807) is 24.3 Å². The maximum atomic E-state index is 12.4. The molecule has 1 aliphatic rings. The maximum Gasteiger partial charge on any atom is 0.253 e. The number of para-hydroxylation sites is 1. The zero-order valence-electron chi connectivity index (χ0n) is 13.3. The molecule has 0 radical (unpaired) electrons.